The molecule has 1 N–H and O–H groups in total. The van der Waals surface area contributed by atoms with Gasteiger partial charge < -0.3 is 9.72 Å². The van der Waals surface area contributed by atoms with Gasteiger partial charge >= 0.3 is 6.09 Å². The normalized spacial score (nSPS) is 14.7. The molecule has 1 aliphatic rings. The zero-order valence-electron chi connectivity index (χ0n) is 18.5. The molecule has 9 heteroatoms. The summed E-state index contributed by atoms with van der Waals surface area (Å²) in [6, 6.07) is 7.08. The minimum atomic E-state index is -0.719. The van der Waals surface area contributed by atoms with Gasteiger partial charge in [0.15, 0.2) is 0 Å². The number of H-pyrrole nitrogens is 1. The van der Waals surface area contributed by atoms with Crippen LogP contribution in [-0.4, -0.2) is 55.0 Å². The van der Waals surface area contributed by atoms with Gasteiger partial charge in [0.25, 0.3) is 11.8 Å². The van der Waals surface area contributed by atoms with Gasteiger partial charge in [0.05, 0.1) is 11.1 Å². The molecule has 0 atom stereocenters. The van der Waals surface area contributed by atoms with Crippen molar-refractivity contribution in [1.29, 1.82) is 0 Å². The number of nitrogens with zero attached hydrogens (tertiary/aromatic N) is 4. The lowest BCUT2D eigenvalue weighted by atomic mass is 9.96. The molecule has 0 bridgehead atoms. The average Bonchev–Trinajstić information content (AvgIpc) is 3.42. The summed E-state index contributed by atoms with van der Waals surface area (Å²) in [6.45, 7) is 5.31. The molecule has 1 aliphatic heterocycles. The number of carbonyl (C=O) groups is 3. The van der Waals surface area contributed by atoms with E-state index in [1.807, 2.05) is 6.07 Å². The van der Waals surface area contributed by atoms with Gasteiger partial charge in [-0.3, -0.25) is 14.5 Å². The molecule has 9 nitrogen and oxygen atoms in total. The number of carbonyl (C=O) groups excluding carboxylic acids is 3. The van der Waals surface area contributed by atoms with Crippen LogP contribution in [0.2, 0.25) is 0 Å². The molecule has 4 aromatic rings. The maximum absolute atomic E-state index is 13.3. The van der Waals surface area contributed by atoms with E-state index in [4.69, 9.17) is 4.74 Å². The predicted octanol–water partition coefficient (Wildman–Crippen LogP) is 3.61. The van der Waals surface area contributed by atoms with Crippen molar-refractivity contribution in [2.24, 2.45) is 0 Å². The Bertz CT molecular complexity index is 1500. The van der Waals surface area contributed by atoms with Crippen molar-refractivity contribution in [3.05, 3.63) is 60.2 Å². The van der Waals surface area contributed by atoms with E-state index in [-0.39, 0.29) is 11.1 Å². The fourth-order valence-electron chi connectivity index (χ4n) is 4.01. The number of likely N-dealkylation sites (N-methyl/N-ethyl adjacent to an activating group) is 1. The van der Waals surface area contributed by atoms with Crippen molar-refractivity contribution < 1.29 is 19.1 Å². The quantitative estimate of drug-likeness (QED) is 0.474. The van der Waals surface area contributed by atoms with Crippen LogP contribution in [0.25, 0.3) is 33.2 Å². The van der Waals surface area contributed by atoms with Crippen LogP contribution in [0.5, 0.6) is 0 Å². The predicted molar refractivity (Wildman–Crippen MR) is 122 cm³/mol. The van der Waals surface area contributed by atoms with Crippen LogP contribution in [0.3, 0.4) is 0 Å². The van der Waals surface area contributed by atoms with E-state index >= 15 is 0 Å². The maximum Gasteiger partial charge on any atom is 0.420 e. The first-order valence-corrected chi connectivity index (χ1v) is 10.4. The third-order valence-corrected chi connectivity index (χ3v) is 5.43. The summed E-state index contributed by atoms with van der Waals surface area (Å²) in [4.78, 5) is 52.1. The molecule has 33 heavy (non-hydrogen) atoms. The van der Waals surface area contributed by atoms with E-state index in [1.165, 1.54) is 17.8 Å². The summed E-state index contributed by atoms with van der Waals surface area (Å²) in [7, 11) is 1.44. The van der Waals surface area contributed by atoms with Crippen LogP contribution in [0.1, 0.15) is 31.9 Å². The van der Waals surface area contributed by atoms with Crippen LogP contribution in [0, 0.1) is 0 Å². The van der Waals surface area contributed by atoms with Crippen molar-refractivity contribution in [3.63, 3.8) is 0 Å². The van der Waals surface area contributed by atoms with Crippen LogP contribution in [-0.2, 0) is 14.3 Å². The Labute approximate surface area is 188 Å². The Balaban J connectivity index is 1.79. The SMILES string of the molecule is CN1C(=O)C(c2c[nH]c3ncccc23)=C(c2cn(C(=O)OC(C)(C)C)c3ncccc23)C1=O. The van der Waals surface area contributed by atoms with Crippen molar-refractivity contribution in [2.75, 3.05) is 7.05 Å². The third-order valence-electron chi connectivity index (χ3n) is 5.43. The van der Waals surface area contributed by atoms with Gasteiger partial charge in [-0.25, -0.2) is 19.3 Å². The number of imide groups is 1. The molecule has 166 valence electrons. The van der Waals surface area contributed by atoms with Gasteiger partial charge in [0.1, 0.15) is 16.9 Å². The molecule has 4 aromatic heterocycles. The molecule has 0 saturated heterocycles. The zero-order valence-corrected chi connectivity index (χ0v) is 18.5. The fourth-order valence-corrected chi connectivity index (χ4v) is 4.01. The van der Waals surface area contributed by atoms with E-state index in [1.54, 1.807) is 57.6 Å². The molecule has 0 unspecified atom stereocenters. The molecule has 0 aromatic carbocycles. The molecule has 0 spiro atoms. The van der Waals surface area contributed by atoms with Gasteiger partial charge in [0.2, 0.25) is 0 Å². The number of hydrogen-bond donors (Lipinski definition) is 1. The highest BCUT2D eigenvalue weighted by atomic mass is 16.6. The third kappa shape index (κ3) is 3.20. The Morgan fingerprint density at radius 3 is 2.30 bits per heavy atom. The van der Waals surface area contributed by atoms with Gasteiger partial charge in [-0.2, -0.15) is 0 Å². The second-order valence-electron chi connectivity index (χ2n) is 8.79. The number of amides is 2. The van der Waals surface area contributed by atoms with Crippen molar-refractivity contribution in [2.45, 2.75) is 26.4 Å². The molecule has 2 amide bonds. The van der Waals surface area contributed by atoms with Crippen molar-refractivity contribution in [1.82, 2.24) is 24.4 Å². The fraction of sp³-hybridized carbons (Fsp3) is 0.208. The molecular weight excluding hydrogens is 422 g/mol. The highest BCUT2D eigenvalue weighted by molar-refractivity contribution is 6.50. The number of aromatic nitrogens is 4. The number of rotatable bonds is 2. The molecule has 0 saturated carbocycles. The summed E-state index contributed by atoms with van der Waals surface area (Å²) in [5.74, 6) is -0.887. The highest BCUT2D eigenvalue weighted by Gasteiger charge is 2.40. The average molecular weight is 443 g/mol. The van der Waals surface area contributed by atoms with E-state index in [0.29, 0.717) is 27.8 Å². The monoisotopic (exact) mass is 443 g/mol. The number of nitrogens with one attached hydrogen (secondary N) is 1. The molecule has 5 rings (SSSR count). The second-order valence-corrected chi connectivity index (χ2v) is 8.79. The molecule has 0 fully saturated rings. The number of fused-ring (bicyclic) bond motifs is 2. The van der Waals surface area contributed by atoms with E-state index < -0.39 is 23.5 Å². The van der Waals surface area contributed by atoms with Gasteiger partial charge in [0, 0.05) is 53.7 Å². The van der Waals surface area contributed by atoms with E-state index in [9.17, 15) is 14.4 Å². The minimum absolute atomic E-state index is 0.201. The van der Waals surface area contributed by atoms with Crippen LogP contribution in [0.15, 0.2) is 49.1 Å². The topological polar surface area (TPSA) is 110 Å². The van der Waals surface area contributed by atoms with Crippen molar-refractivity contribution >= 4 is 51.1 Å². The summed E-state index contributed by atoms with van der Waals surface area (Å²) in [6.07, 6.45) is 5.76. The Morgan fingerprint density at radius 1 is 0.970 bits per heavy atom. The zero-order chi connectivity index (χ0) is 23.5. The molecular formula is C24H21N5O4. The first-order valence-electron chi connectivity index (χ1n) is 10.4. The number of hydrogen-bond acceptors (Lipinski definition) is 6. The van der Waals surface area contributed by atoms with Gasteiger partial charge in [-0.1, -0.05) is 0 Å². The number of ether oxygens (including phenoxy) is 1. The minimum Gasteiger partial charge on any atom is -0.443 e. The Hall–Kier alpha value is -4.27. The van der Waals surface area contributed by atoms with E-state index in [2.05, 4.69) is 15.0 Å². The summed E-state index contributed by atoms with van der Waals surface area (Å²) in [5.41, 5.74) is 1.67. The first kappa shape index (κ1) is 20.6. The van der Waals surface area contributed by atoms with Gasteiger partial charge in [-0.05, 0) is 45.0 Å². The molecule has 0 radical (unpaired) electrons. The molecule has 0 aliphatic carbocycles. The summed E-state index contributed by atoms with van der Waals surface area (Å²) >= 11 is 0. The number of pyridine rings is 2. The summed E-state index contributed by atoms with van der Waals surface area (Å²) in [5, 5.41) is 1.28. The van der Waals surface area contributed by atoms with Crippen LogP contribution >= 0.6 is 0 Å². The van der Waals surface area contributed by atoms with E-state index in [0.717, 1.165) is 10.3 Å². The largest absolute Gasteiger partial charge is 0.443 e. The molecule has 5 heterocycles. The standard InChI is InChI=1S/C24H21N5O4/c1-24(2,3)33-23(32)29-12-16(14-8-6-10-26-20(14)29)18-17(21(30)28(4)22(18)31)15-11-27-19-13(15)7-5-9-25-19/h5-12H,1-4H3,(H,25,27). The Kier molecular flexibility index (Phi) is 4.45. The Morgan fingerprint density at radius 2 is 1.61 bits per heavy atom. The van der Waals surface area contributed by atoms with Crippen molar-refractivity contribution in [3.8, 4) is 0 Å². The highest BCUT2D eigenvalue weighted by Crippen LogP contribution is 2.40. The van der Waals surface area contributed by atoms with Crippen LogP contribution in [0.4, 0.5) is 4.79 Å². The van der Waals surface area contributed by atoms with Gasteiger partial charge in [-0.15, -0.1) is 0 Å². The van der Waals surface area contributed by atoms with Crippen LogP contribution < -0.4 is 0 Å². The first-order chi connectivity index (χ1) is 15.7. The second kappa shape index (κ2) is 7.13. The maximum atomic E-state index is 13.3. The lowest BCUT2D eigenvalue weighted by Gasteiger charge is -2.19. The smallest absolute Gasteiger partial charge is 0.420 e. The number of aromatic amines is 1. The lowest BCUT2D eigenvalue weighted by molar-refractivity contribution is -0.134. The lowest BCUT2D eigenvalue weighted by Crippen LogP contribution is -2.27. The summed E-state index contributed by atoms with van der Waals surface area (Å²) < 4.78 is 6.80.